The maximum atomic E-state index is 13.6. The molecule has 1 amide bonds. The van der Waals surface area contributed by atoms with E-state index in [1.165, 1.54) is 22.9 Å². The summed E-state index contributed by atoms with van der Waals surface area (Å²) in [6.45, 7) is 0.390. The van der Waals surface area contributed by atoms with Gasteiger partial charge in [-0.25, -0.2) is 9.37 Å². The van der Waals surface area contributed by atoms with Crippen LogP contribution in [0.2, 0.25) is 0 Å². The van der Waals surface area contributed by atoms with Gasteiger partial charge in [-0.2, -0.15) is 0 Å². The minimum atomic E-state index is -0.394. The number of imidazole rings is 1. The molecule has 0 aliphatic heterocycles. The molecule has 0 aliphatic carbocycles. The average molecular weight is 496 g/mol. The number of hydrogen-bond donors (Lipinski definition) is 3. The lowest BCUT2D eigenvalue weighted by atomic mass is 10.0. The molecular formula is C28H22FN5O3. The number of carbonyl (C=O) groups excluding carboxylic acids is 1. The normalized spacial score (nSPS) is 11.5. The number of nitrogens with zero attached hydrogens (tertiary/aromatic N) is 4. The SMILES string of the molecule is Cn1c(CNC(=O)c2c3cccnc3c(O)c3c(O)n(Cc4ccc(F)cc4)cc23)nc2ccccc21. The van der Waals surface area contributed by atoms with Gasteiger partial charge >= 0.3 is 0 Å². The molecule has 0 unspecified atom stereocenters. The van der Waals surface area contributed by atoms with Crippen LogP contribution in [-0.2, 0) is 20.1 Å². The van der Waals surface area contributed by atoms with Crippen LogP contribution in [0, 0.1) is 5.82 Å². The predicted octanol–water partition coefficient (Wildman–Crippen LogP) is 4.60. The minimum absolute atomic E-state index is 0.126. The summed E-state index contributed by atoms with van der Waals surface area (Å²) in [5.41, 5.74) is 3.02. The molecule has 0 radical (unpaired) electrons. The number of nitrogens with one attached hydrogen (secondary N) is 1. The van der Waals surface area contributed by atoms with Crippen LogP contribution < -0.4 is 5.32 Å². The molecule has 0 fully saturated rings. The van der Waals surface area contributed by atoms with Crippen LogP contribution in [0.3, 0.4) is 0 Å². The standard InChI is InChI=1S/C28H22FN5O3/c1-33-21-7-3-2-6-20(21)32-22(33)13-31-27(36)23-18-5-4-12-30-25(18)26(35)24-19(23)15-34(28(24)37)14-16-8-10-17(29)11-9-16/h2-12,15,35,37H,13-14H2,1H3,(H,31,36). The Morgan fingerprint density at radius 2 is 1.81 bits per heavy atom. The lowest BCUT2D eigenvalue weighted by Crippen LogP contribution is -2.25. The van der Waals surface area contributed by atoms with Crippen molar-refractivity contribution in [2.24, 2.45) is 7.05 Å². The van der Waals surface area contributed by atoms with Crippen molar-refractivity contribution in [3.63, 3.8) is 0 Å². The number of fused-ring (bicyclic) bond motifs is 3. The fraction of sp³-hybridized carbons (Fsp3) is 0.107. The van der Waals surface area contributed by atoms with Crippen LogP contribution in [0.1, 0.15) is 21.7 Å². The summed E-state index contributed by atoms with van der Waals surface area (Å²) in [6.07, 6.45) is 3.13. The monoisotopic (exact) mass is 495 g/mol. The molecule has 0 aliphatic rings. The summed E-state index contributed by atoms with van der Waals surface area (Å²) in [5, 5.41) is 25.9. The van der Waals surface area contributed by atoms with Gasteiger partial charge in [0.1, 0.15) is 17.2 Å². The highest BCUT2D eigenvalue weighted by Crippen LogP contribution is 2.42. The van der Waals surface area contributed by atoms with Crippen LogP contribution in [-0.4, -0.2) is 35.2 Å². The molecule has 3 aromatic carbocycles. The Balaban J connectivity index is 1.44. The summed E-state index contributed by atoms with van der Waals surface area (Å²) in [6, 6.07) is 17.0. The van der Waals surface area contributed by atoms with Crippen LogP contribution in [0.25, 0.3) is 32.7 Å². The zero-order chi connectivity index (χ0) is 25.7. The molecule has 6 aromatic rings. The van der Waals surface area contributed by atoms with Crippen molar-refractivity contribution in [1.29, 1.82) is 0 Å². The number of aromatic hydroxyl groups is 2. The summed E-state index contributed by atoms with van der Waals surface area (Å²) >= 11 is 0. The third-order valence-electron chi connectivity index (χ3n) is 6.64. The number of aryl methyl sites for hydroxylation is 1. The second-order valence-electron chi connectivity index (χ2n) is 8.88. The maximum Gasteiger partial charge on any atom is 0.253 e. The van der Waals surface area contributed by atoms with E-state index in [2.05, 4.69) is 15.3 Å². The first-order chi connectivity index (χ1) is 17.9. The van der Waals surface area contributed by atoms with E-state index in [0.717, 1.165) is 16.6 Å². The van der Waals surface area contributed by atoms with Crippen LogP contribution in [0.5, 0.6) is 11.6 Å². The Bertz CT molecular complexity index is 1820. The van der Waals surface area contributed by atoms with Crippen molar-refractivity contribution < 1.29 is 19.4 Å². The number of para-hydroxylation sites is 2. The molecule has 0 saturated carbocycles. The number of rotatable bonds is 5. The van der Waals surface area contributed by atoms with E-state index in [9.17, 15) is 19.4 Å². The van der Waals surface area contributed by atoms with Gasteiger partial charge in [0, 0.05) is 30.2 Å². The van der Waals surface area contributed by atoms with Crippen LogP contribution in [0.15, 0.2) is 73.1 Å². The third-order valence-corrected chi connectivity index (χ3v) is 6.64. The summed E-state index contributed by atoms with van der Waals surface area (Å²) in [5.74, 6) is -0.500. The van der Waals surface area contributed by atoms with Gasteiger partial charge in [-0.05, 0) is 35.9 Å². The predicted molar refractivity (Wildman–Crippen MR) is 138 cm³/mol. The first-order valence-electron chi connectivity index (χ1n) is 11.7. The van der Waals surface area contributed by atoms with Crippen molar-refractivity contribution in [3.05, 3.63) is 95.8 Å². The van der Waals surface area contributed by atoms with Gasteiger partial charge in [0.15, 0.2) is 5.75 Å². The summed E-state index contributed by atoms with van der Waals surface area (Å²) < 4.78 is 16.8. The van der Waals surface area contributed by atoms with Crippen molar-refractivity contribution in [2.45, 2.75) is 13.1 Å². The second-order valence-corrected chi connectivity index (χ2v) is 8.88. The smallest absolute Gasteiger partial charge is 0.253 e. The molecule has 37 heavy (non-hydrogen) atoms. The van der Waals surface area contributed by atoms with Crippen LogP contribution in [0.4, 0.5) is 4.39 Å². The average Bonchev–Trinajstić information content (AvgIpc) is 3.40. The molecule has 0 saturated heterocycles. The molecule has 184 valence electrons. The number of halogens is 1. The summed E-state index contributed by atoms with van der Waals surface area (Å²) in [7, 11) is 1.89. The lowest BCUT2D eigenvalue weighted by Gasteiger charge is -2.11. The van der Waals surface area contributed by atoms with Crippen LogP contribution >= 0.6 is 0 Å². The van der Waals surface area contributed by atoms with Gasteiger partial charge in [0.2, 0.25) is 5.88 Å². The van der Waals surface area contributed by atoms with E-state index in [1.54, 1.807) is 30.5 Å². The van der Waals surface area contributed by atoms with Gasteiger partial charge in [0.25, 0.3) is 5.91 Å². The van der Waals surface area contributed by atoms with E-state index in [1.807, 2.05) is 35.9 Å². The zero-order valence-corrected chi connectivity index (χ0v) is 19.8. The molecule has 0 bridgehead atoms. The number of amides is 1. The molecular weight excluding hydrogens is 473 g/mol. The molecule has 6 rings (SSSR count). The first-order valence-corrected chi connectivity index (χ1v) is 11.7. The number of pyridine rings is 1. The fourth-order valence-electron chi connectivity index (χ4n) is 4.78. The summed E-state index contributed by atoms with van der Waals surface area (Å²) in [4.78, 5) is 22.5. The first kappa shape index (κ1) is 22.5. The van der Waals surface area contributed by atoms with E-state index in [-0.39, 0.29) is 47.0 Å². The molecule has 3 N–H and O–H groups in total. The Hall–Kier alpha value is -4.92. The van der Waals surface area contributed by atoms with Gasteiger partial charge < -0.3 is 24.7 Å². The lowest BCUT2D eigenvalue weighted by molar-refractivity contribution is 0.0953. The molecule has 3 aromatic heterocycles. The van der Waals surface area contributed by atoms with E-state index in [4.69, 9.17) is 0 Å². The third kappa shape index (κ3) is 3.72. The molecule has 8 nitrogen and oxygen atoms in total. The molecule has 3 heterocycles. The Morgan fingerprint density at radius 3 is 2.59 bits per heavy atom. The number of benzene rings is 3. The molecule has 0 spiro atoms. The Kier molecular flexibility index (Phi) is 5.26. The largest absolute Gasteiger partial charge is 0.505 e. The van der Waals surface area contributed by atoms with Crippen molar-refractivity contribution in [1.82, 2.24) is 24.4 Å². The highest BCUT2D eigenvalue weighted by Gasteiger charge is 2.25. The topological polar surface area (TPSA) is 105 Å². The molecule has 0 atom stereocenters. The second kappa shape index (κ2) is 8.63. The fourth-order valence-corrected chi connectivity index (χ4v) is 4.78. The number of hydrogen-bond acceptors (Lipinski definition) is 5. The van der Waals surface area contributed by atoms with Crippen molar-refractivity contribution in [3.8, 4) is 11.6 Å². The number of aromatic nitrogens is 4. The van der Waals surface area contributed by atoms with Gasteiger partial charge in [-0.15, -0.1) is 0 Å². The highest BCUT2D eigenvalue weighted by atomic mass is 19.1. The van der Waals surface area contributed by atoms with E-state index >= 15 is 0 Å². The quantitative estimate of drug-likeness (QED) is 0.324. The number of carbonyl (C=O) groups is 1. The minimum Gasteiger partial charge on any atom is -0.505 e. The number of phenolic OH excluding ortho intramolecular Hbond substituents is 1. The zero-order valence-electron chi connectivity index (χ0n) is 19.8. The highest BCUT2D eigenvalue weighted by molar-refractivity contribution is 6.21. The Labute approximate surface area is 210 Å². The van der Waals surface area contributed by atoms with Crippen molar-refractivity contribution in [2.75, 3.05) is 0 Å². The van der Waals surface area contributed by atoms with Gasteiger partial charge in [-0.1, -0.05) is 30.3 Å². The Morgan fingerprint density at radius 1 is 1.03 bits per heavy atom. The maximum absolute atomic E-state index is 13.6. The van der Waals surface area contributed by atoms with Crippen molar-refractivity contribution >= 4 is 38.6 Å². The van der Waals surface area contributed by atoms with E-state index < -0.39 is 5.91 Å². The van der Waals surface area contributed by atoms with Gasteiger partial charge in [0.05, 0.1) is 35.1 Å². The molecule has 9 heteroatoms. The number of phenols is 1. The van der Waals surface area contributed by atoms with Gasteiger partial charge in [-0.3, -0.25) is 9.78 Å². The van der Waals surface area contributed by atoms with E-state index in [0.29, 0.717) is 16.6 Å².